The van der Waals surface area contributed by atoms with E-state index in [9.17, 15) is 13.6 Å². The standard InChI is InChI=1S/C14H10ClF2NO3/c15-10-8-9-4-1-2-5-11(9)18-12(10)14(16,17)6-3-7-21-13(19)20/h1-6,8H,7H2,(H,19,20)/b6-3+. The van der Waals surface area contributed by atoms with Crippen LogP contribution in [0.1, 0.15) is 5.69 Å². The van der Waals surface area contributed by atoms with Crippen molar-refractivity contribution < 1.29 is 23.4 Å². The van der Waals surface area contributed by atoms with Crippen LogP contribution in [0.4, 0.5) is 13.6 Å². The lowest BCUT2D eigenvalue weighted by atomic mass is 10.1. The first kappa shape index (κ1) is 15.2. The Bertz CT molecular complexity index is 704. The summed E-state index contributed by atoms with van der Waals surface area (Å²) < 4.78 is 32.2. The van der Waals surface area contributed by atoms with Gasteiger partial charge in [-0.05, 0) is 24.3 Å². The summed E-state index contributed by atoms with van der Waals surface area (Å²) in [6.07, 6.45) is -0.120. The number of nitrogens with zero attached hydrogens (tertiary/aromatic N) is 1. The highest BCUT2D eigenvalue weighted by atomic mass is 35.5. The Morgan fingerprint density at radius 2 is 2.14 bits per heavy atom. The number of allylic oxidation sites excluding steroid dienone is 1. The van der Waals surface area contributed by atoms with Crippen LogP contribution in [0.5, 0.6) is 0 Å². The van der Waals surface area contributed by atoms with E-state index in [4.69, 9.17) is 16.7 Å². The molecule has 21 heavy (non-hydrogen) atoms. The zero-order chi connectivity index (χ0) is 15.5. The van der Waals surface area contributed by atoms with E-state index < -0.39 is 24.4 Å². The van der Waals surface area contributed by atoms with Crippen LogP contribution in [0.2, 0.25) is 5.02 Å². The summed E-state index contributed by atoms with van der Waals surface area (Å²) >= 11 is 5.85. The zero-order valence-corrected chi connectivity index (χ0v) is 11.3. The smallest absolute Gasteiger partial charge is 0.450 e. The summed E-state index contributed by atoms with van der Waals surface area (Å²) in [6, 6.07) is 8.16. The van der Waals surface area contributed by atoms with Crippen molar-refractivity contribution in [2.75, 3.05) is 6.61 Å². The number of halogens is 3. The normalized spacial score (nSPS) is 12.0. The molecule has 2 aromatic rings. The number of ether oxygens (including phenoxy) is 1. The average Bonchev–Trinajstić information content (AvgIpc) is 2.42. The summed E-state index contributed by atoms with van der Waals surface area (Å²) in [5, 5.41) is 8.73. The van der Waals surface area contributed by atoms with Crippen molar-refractivity contribution in [3.05, 3.63) is 53.2 Å². The molecule has 0 radical (unpaired) electrons. The third-order valence-corrected chi connectivity index (χ3v) is 2.91. The molecule has 0 aliphatic carbocycles. The first-order chi connectivity index (χ1) is 9.90. The van der Waals surface area contributed by atoms with Gasteiger partial charge in [-0.15, -0.1) is 0 Å². The van der Waals surface area contributed by atoms with Crippen molar-refractivity contribution in [1.29, 1.82) is 0 Å². The van der Waals surface area contributed by atoms with Gasteiger partial charge in [-0.25, -0.2) is 9.78 Å². The highest BCUT2D eigenvalue weighted by Crippen LogP contribution is 2.34. The number of hydrogen-bond donors (Lipinski definition) is 1. The number of benzene rings is 1. The minimum Gasteiger partial charge on any atom is -0.450 e. The second-order valence-corrected chi connectivity index (χ2v) is 4.52. The molecule has 2 rings (SSSR count). The first-order valence-corrected chi connectivity index (χ1v) is 6.25. The monoisotopic (exact) mass is 313 g/mol. The quantitative estimate of drug-likeness (QED) is 0.678. The Kier molecular flexibility index (Phi) is 4.37. The molecule has 0 amide bonds. The number of carboxylic acid groups (broad SMARTS) is 1. The number of alkyl halides is 2. The number of rotatable bonds is 4. The predicted octanol–water partition coefficient (Wildman–Crippen LogP) is 4.23. The third-order valence-electron chi connectivity index (χ3n) is 2.62. The summed E-state index contributed by atoms with van der Waals surface area (Å²) in [5.74, 6) is -3.43. The van der Waals surface area contributed by atoms with E-state index in [0.29, 0.717) is 17.0 Å². The first-order valence-electron chi connectivity index (χ1n) is 5.87. The molecular formula is C14H10ClF2NO3. The number of fused-ring (bicyclic) bond motifs is 1. The van der Waals surface area contributed by atoms with Gasteiger partial charge in [-0.1, -0.05) is 29.8 Å². The van der Waals surface area contributed by atoms with E-state index in [1.807, 2.05) is 0 Å². The highest BCUT2D eigenvalue weighted by molar-refractivity contribution is 6.32. The third kappa shape index (κ3) is 3.66. The van der Waals surface area contributed by atoms with E-state index in [0.717, 1.165) is 6.08 Å². The Morgan fingerprint density at radius 1 is 1.43 bits per heavy atom. The average molecular weight is 314 g/mol. The van der Waals surface area contributed by atoms with Crippen molar-refractivity contribution in [2.24, 2.45) is 0 Å². The van der Waals surface area contributed by atoms with Crippen molar-refractivity contribution in [2.45, 2.75) is 5.92 Å². The summed E-state index contributed by atoms with van der Waals surface area (Å²) in [4.78, 5) is 14.0. The summed E-state index contributed by atoms with van der Waals surface area (Å²) in [7, 11) is 0. The number of para-hydroxylation sites is 1. The van der Waals surface area contributed by atoms with Crippen LogP contribution in [0.3, 0.4) is 0 Å². The molecule has 0 unspecified atom stereocenters. The van der Waals surface area contributed by atoms with Gasteiger partial charge in [0.15, 0.2) is 0 Å². The largest absolute Gasteiger partial charge is 0.506 e. The van der Waals surface area contributed by atoms with Gasteiger partial charge in [0.2, 0.25) is 0 Å². The molecule has 1 N–H and O–H groups in total. The SMILES string of the molecule is O=C(O)OC/C=C/C(F)(F)c1nc2ccccc2cc1Cl. The number of hydrogen-bond acceptors (Lipinski definition) is 3. The van der Waals surface area contributed by atoms with Gasteiger partial charge in [0, 0.05) is 5.39 Å². The van der Waals surface area contributed by atoms with Gasteiger partial charge >= 0.3 is 12.1 Å². The van der Waals surface area contributed by atoms with E-state index in [-0.39, 0.29) is 5.02 Å². The molecule has 0 saturated carbocycles. The predicted molar refractivity (Wildman–Crippen MR) is 73.8 cm³/mol. The molecular weight excluding hydrogens is 304 g/mol. The lowest BCUT2D eigenvalue weighted by Gasteiger charge is -2.13. The van der Waals surface area contributed by atoms with Gasteiger partial charge in [0.25, 0.3) is 0 Å². The molecule has 7 heteroatoms. The van der Waals surface area contributed by atoms with E-state index in [1.54, 1.807) is 24.3 Å². The fourth-order valence-corrected chi connectivity index (χ4v) is 2.00. The Balaban J connectivity index is 2.30. The Morgan fingerprint density at radius 3 is 2.86 bits per heavy atom. The molecule has 0 fully saturated rings. The second-order valence-electron chi connectivity index (χ2n) is 4.11. The highest BCUT2D eigenvalue weighted by Gasteiger charge is 2.32. The summed E-state index contributed by atoms with van der Waals surface area (Å²) in [5.41, 5.74) is -0.193. The van der Waals surface area contributed by atoms with Crippen molar-refractivity contribution >= 4 is 28.7 Å². The van der Waals surface area contributed by atoms with Gasteiger partial charge < -0.3 is 9.84 Å². The van der Waals surface area contributed by atoms with E-state index in [1.165, 1.54) is 6.07 Å². The van der Waals surface area contributed by atoms with E-state index >= 15 is 0 Å². The molecule has 0 atom stereocenters. The van der Waals surface area contributed by atoms with Crippen molar-refractivity contribution in [3.63, 3.8) is 0 Å². The van der Waals surface area contributed by atoms with Crippen LogP contribution in [-0.2, 0) is 10.7 Å². The van der Waals surface area contributed by atoms with Crippen LogP contribution < -0.4 is 0 Å². The van der Waals surface area contributed by atoms with Gasteiger partial charge in [0.05, 0.1) is 10.5 Å². The molecule has 0 bridgehead atoms. The molecule has 0 aliphatic rings. The Hall–Kier alpha value is -2.21. The molecule has 110 valence electrons. The lowest BCUT2D eigenvalue weighted by molar-refractivity contribution is 0.0462. The molecule has 1 aromatic carbocycles. The number of pyridine rings is 1. The van der Waals surface area contributed by atoms with Crippen molar-refractivity contribution in [3.8, 4) is 0 Å². The molecule has 4 nitrogen and oxygen atoms in total. The minimum atomic E-state index is -3.43. The van der Waals surface area contributed by atoms with Crippen LogP contribution in [0.15, 0.2) is 42.5 Å². The number of carbonyl (C=O) groups is 1. The van der Waals surface area contributed by atoms with Crippen LogP contribution in [-0.4, -0.2) is 22.9 Å². The zero-order valence-electron chi connectivity index (χ0n) is 10.6. The second kappa shape index (κ2) is 6.05. The molecule has 0 spiro atoms. The topological polar surface area (TPSA) is 59.4 Å². The number of aromatic nitrogens is 1. The van der Waals surface area contributed by atoms with Crippen molar-refractivity contribution in [1.82, 2.24) is 4.98 Å². The molecule has 1 heterocycles. The van der Waals surface area contributed by atoms with Crippen LogP contribution in [0, 0.1) is 0 Å². The fraction of sp³-hybridized carbons (Fsp3) is 0.143. The van der Waals surface area contributed by atoms with Gasteiger partial charge in [-0.2, -0.15) is 8.78 Å². The molecule has 0 aliphatic heterocycles. The van der Waals surface area contributed by atoms with Gasteiger partial charge in [-0.3, -0.25) is 0 Å². The fourth-order valence-electron chi connectivity index (χ4n) is 1.72. The molecule has 0 saturated heterocycles. The van der Waals surface area contributed by atoms with Gasteiger partial charge in [0.1, 0.15) is 12.3 Å². The van der Waals surface area contributed by atoms with E-state index in [2.05, 4.69) is 9.72 Å². The minimum absolute atomic E-state index is 0.164. The Labute approximate surface area is 123 Å². The van der Waals surface area contributed by atoms with Crippen LogP contribution in [0.25, 0.3) is 10.9 Å². The maximum atomic E-state index is 14.0. The van der Waals surface area contributed by atoms with Crippen LogP contribution >= 0.6 is 11.6 Å². The summed E-state index contributed by atoms with van der Waals surface area (Å²) in [6.45, 7) is -0.476. The lowest BCUT2D eigenvalue weighted by Crippen LogP contribution is -2.13. The maximum Gasteiger partial charge on any atom is 0.506 e. The molecule has 1 aromatic heterocycles. The maximum absolute atomic E-state index is 14.0.